The number of aromatic amines is 1. The fraction of sp³-hybridized carbons (Fsp3) is 0.526. The smallest absolute Gasteiger partial charge is 0.0695 e. The lowest BCUT2D eigenvalue weighted by molar-refractivity contribution is 0.0115. The highest BCUT2D eigenvalue weighted by Crippen LogP contribution is 2.23. The molecule has 23 heavy (non-hydrogen) atoms. The lowest BCUT2D eigenvalue weighted by atomic mass is 10.0. The first-order chi connectivity index (χ1) is 11.2. The zero-order valence-electron chi connectivity index (χ0n) is 14.2. The second-order valence-electron chi connectivity index (χ2n) is 6.52. The van der Waals surface area contributed by atoms with Crippen molar-refractivity contribution < 1.29 is 4.74 Å². The van der Waals surface area contributed by atoms with E-state index in [1.165, 1.54) is 41.5 Å². The minimum Gasteiger partial charge on any atom is -0.378 e. The predicted octanol–water partition coefficient (Wildman–Crippen LogP) is 3.74. The molecule has 0 radical (unpaired) electrons. The van der Waals surface area contributed by atoms with Crippen molar-refractivity contribution in [1.82, 2.24) is 15.5 Å². The molecule has 1 saturated heterocycles. The minimum absolute atomic E-state index is 0.444. The number of nitrogens with one attached hydrogen (secondary N) is 2. The Hall–Kier alpha value is -1.65. The van der Waals surface area contributed by atoms with E-state index in [9.17, 15) is 0 Å². The number of H-pyrrole nitrogens is 1. The summed E-state index contributed by atoms with van der Waals surface area (Å²) < 4.78 is 5.77. The summed E-state index contributed by atoms with van der Waals surface area (Å²) in [5.41, 5.74) is 6.18. The number of hydrogen-bond donors (Lipinski definition) is 2. The normalized spacial score (nSPS) is 18.3. The molecular formula is C19H27N3O. The Morgan fingerprint density at radius 1 is 1.26 bits per heavy atom. The van der Waals surface area contributed by atoms with Crippen LogP contribution in [0.15, 0.2) is 24.4 Å². The molecule has 0 spiro atoms. The fourth-order valence-corrected chi connectivity index (χ4v) is 3.11. The van der Waals surface area contributed by atoms with Gasteiger partial charge in [-0.25, -0.2) is 0 Å². The molecule has 0 unspecified atom stereocenters. The monoisotopic (exact) mass is 313 g/mol. The van der Waals surface area contributed by atoms with Crippen molar-refractivity contribution in [3.8, 4) is 11.3 Å². The molecule has 3 rings (SSSR count). The van der Waals surface area contributed by atoms with E-state index in [0.717, 1.165) is 31.8 Å². The standard InChI is InChI=1S/C19H27N3O/c1-14-6-7-16(11-15(14)2)19-17(13-21-22-19)12-20-9-8-18-5-3-4-10-23-18/h6-7,11,13,18,20H,3-5,8-10,12H2,1-2H3,(H,21,22)/t18-/m1/s1. The fourth-order valence-electron chi connectivity index (χ4n) is 3.11. The number of benzene rings is 1. The molecule has 2 heterocycles. The summed E-state index contributed by atoms with van der Waals surface area (Å²) in [6.45, 7) is 7.05. The van der Waals surface area contributed by atoms with E-state index in [-0.39, 0.29) is 0 Å². The van der Waals surface area contributed by atoms with E-state index in [1.54, 1.807) is 0 Å². The van der Waals surface area contributed by atoms with Crippen molar-refractivity contribution in [3.63, 3.8) is 0 Å². The van der Waals surface area contributed by atoms with Gasteiger partial charge in [0.1, 0.15) is 0 Å². The number of aromatic nitrogens is 2. The molecule has 1 aromatic heterocycles. The zero-order valence-corrected chi connectivity index (χ0v) is 14.2. The van der Waals surface area contributed by atoms with Gasteiger partial charge in [-0.05, 0) is 63.3 Å². The molecule has 1 aliphatic heterocycles. The maximum Gasteiger partial charge on any atom is 0.0695 e. The average Bonchev–Trinajstić information content (AvgIpc) is 3.04. The lowest BCUT2D eigenvalue weighted by Gasteiger charge is -2.22. The quantitative estimate of drug-likeness (QED) is 0.799. The number of hydrogen-bond acceptors (Lipinski definition) is 3. The molecule has 4 nitrogen and oxygen atoms in total. The van der Waals surface area contributed by atoms with Crippen LogP contribution in [0.1, 0.15) is 42.4 Å². The average molecular weight is 313 g/mol. The highest BCUT2D eigenvalue weighted by molar-refractivity contribution is 5.64. The van der Waals surface area contributed by atoms with Crippen LogP contribution in [0.5, 0.6) is 0 Å². The molecule has 1 atom stereocenters. The van der Waals surface area contributed by atoms with Crippen LogP contribution in [0.4, 0.5) is 0 Å². The maximum absolute atomic E-state index is 5.77. The molecule has 124 valence electrons. The second kappa shape index (κ2) is 7.75. The molecule has 1 aliphatic rings. The number of aryl methyl sites for hydroxylation is 2. The van der Waals surface area contributed by atoms with Gasteiger partial charge in [-0.3, -0.25) is 5.10 Å². The summed E-state index contributed by atoms with van der Waals surface area (Å²) in [5, 5.41) is 10.9. The molecule has 0 saturated carbocycles. The number of rotatable bonds is 6. The Morgan fingerprint density at radius 2 is 2.17 bits per heavy atom. The highest BCUT2D eigenvalue weighted by Gasteiger charge is 2.13. The third-order valence-electron chi connectivity index (χ3n) is 4.75. The van der Waals surface area contributed by atoms with Gasteiger partial charge in [0.2, 0.25) is 0 Å². The van der Waals surface area contributed by atoms with E-state index < -0.39 is 0 Å². The van der Waals surface area contributed by atoms with Crippen LogP contribution in [-0.4, -0.2) is 29.5 Å². The number of ether oxygens (including phenoxy) is 1. The minimum atomic E-state index is 0.444. The first-order valence-corrected chi connectivity index (χ1v) is 8.66. The van der Waals surface area contributed by atoms with Gasteiger partial charge in [0.25, 0.3) is 0 Å². The van der Waals surface area contributed by atoms with Gasteiger partial charge in [0.05, 0.1) is 18.0 Å². The Kier molecular flexibility index (Phi) is 5.47. The predicted molar refractivity (Wildman–Crippen MR) is 93.4 cm³/mol. The summed E-state index contributed by atoms with van der Waals surface area (Å²) in [7, 11) is 0. The van der Waals surface area contributed by atoms with Crippen LogP contribution < -0.4 is 5.32 Å². The molecule has 0 aliphatic carbocycles. The Labute approximate surface area is 138 Å². The molecule has 2 N–H and O–H groups in total. The van der Waals surface area contributed by atoms with Crippen molar-refractivity contribution in [2.24, 2.45) is 0 Å². The van der Waals surface area contributed by atoms with Crippen molar-refractivity contribution in [2.75, 3.05) is 13.2 Å². The first-order valence-electron chi connectivity index (χ1n) is 8.66. The lowest BCUT2D eigenvalue weighted by Crippen LogP contribution is -2.25. The molecule has 1 fully saturated rings. The largest absolute Gasteiger partial charge is 0.378 e. The van der Waals surface area contributed by atoms with Gasteiger partial charge in [0.15, 0.2) is 0 Å². The van der Waals surface area contributed by atoms with Gasteiger partial charge < -0.3 is 10.1 Å². The van der Waals surface area contributed by atoms with E-state index in [4.69, 9.17) is 4.74 Å². The molecule has 2 aromatic rings. The molecule has 0 amide bonds. The van der Waals surface area contributed by atoms with Crippen molar-refractivity contribution >= 4 is 0 Å². The number of nitrogens with zero attached hydrogens (tertiary/aromatic N) is 1. The topological polar surface area (TPSA) is 49.9 Å². The second-order valence-corrected chi connectivity index (χ2v) is 6.52. The van der Waals surface area contributed by atoms with Crippen LogP contribution in [0, 0.1) is 13.8 Å². The van der Waals surface area contributed by atoms with Crippen LogP contribution in [0.2, 0.25) is 0 Å². The SMILES string of the molecule is Cc1ccc(-c2[nH]ncc2CNCC[C@H]2CCCCO2)cc1C. The van der Waals surface area contributed by atoms with E-state index in [2.05, 4.69) is 47.6 Å². The van der Waals surface area contributed by atoms with E-state index in [1.807, 2.05) is 6.20 Å². The van der Waals surface area contributed by atoms with Crippen molar-refractivity contribution in [3.05, 3.63) is 41.1 Å². The molecular weight excluding hydrogens is 286 g/mol. The van der Waals surface area contributed by atoms with Gasteiger partial charge in [-0.1, -0.05) is 12.1 Å². The summed E-state index contributed by atoms with van der Waals surface area (Å²) in [6.07, 6.45) is 7.20. The Morgan fingerprint density at radius 3 is 2.96 bits per heavy atom. The molecule has 1 aromatic carbocycles. The van der Waals surface area contributed by atoms with E-state index in [0.29, 0.717) is 6.10 Å². The van der Waals surface area contributed by atoms with Crippen LogP contribution in [-0.2, 0) is 11.3 Å². The summed E-state index contributed by atoms with van der Waals surface area (Å²) in [5.74, 6) is 0. The molecule has 4 heteroatoms. The van der Waals surface area contributed by atoms with Crippen LogP contribution in [0.25, 0.3) is 11.3 Å². The Bertz CT molecular complexity index is 629. The van der Waals surface area contributed by atoms with Gasteiger partial charge in [0, 0.05) is 24.3 Å². The first kappa shape index (κ1) is 16.2. The van der Waals surface area contributed by atoms with Crippen LogP contribution in [0.3, 0.4) is 0 Å². The van der Waals surface area contributed by atoms with Crippen molar-refractivity contribution in [2.45, 2.75) is 52.2 Å². The van der Waals surface area contributed by atoms with Gasteiger partial charge in [-0.2, -0.15) is 5.10 Å². The Balaban J connectivity index is 1.54. The van der Waals surface area contributed by atoms with Gasteiger partial charge in [-0.15, -0.1) is 0 Å². The summed E-state index contributed by atoms with van der Waals surface area (Å²) in [6, 6.07) is 6.56. The highest BCUT2D eigenvalue weighted by atomic mass is 16.5. The van der Waals surface area contributed by atoms with Gasteiger partial charge >= 0.3 is 0 Å². The third kappa shape index (κ3) is 4.21. The summed E-state index contributed by atoms with van der Waals surface area (Å²) in [4.78, 5) is 0. The third-order valence-corrected chi connectivity index (χ3v) is 4.75. The molecule has 0 bridgehead atoms. The van der Waals surface area contributed by atoms with Crippen molar-refractivity contribution in [1.29, 1.82) is 0 Å². The van der Waals surface area contributed by atoms with E-state index >= 15 is 0 Å². The maximum atomic E-state index is 5.77. The summed E-state index contributed by atoms with van der Waals surface area (Å²) >= 11 is 0. The zero-order chi connectivity index (χ0) is 16.1. The van der Waals surface area contributed by atoms with Crippen LogP contribution >= 0.6 is 0 Å².